The molecule has 1 fully saturated rings. The number of benzene rings is 1. The Labute approximate surface area is 162 Å². The molecule has 0 radical (unpaired) electrons. The molecule has 1 unspecified atom stereocenters. The summed E-state index contributed by atoms with van der Waals surface area (Å²) < 4.78 is 29.0. The third-order valence-electron chi connectivity index (χ3n) is 4.24. The minimum atomic E-state index is -3.07. The van der Waals surface area contributed by atoms with Gasteiger partial charge >= 0.3 is 0 Å². The lowest BCUT2D eigenvalue weighted by Gasteiger charge is -2.26. The molecule has 1 N–H and O–H groups in total. The summed E-state index contributed by atoms with van der Waals surface area (Å²) in [6, 6.07) is 8.29. The highest BCUT2D eigenvalue weighted by Gasteiger charge is 2.33. The quantitative estimate of drug-likeness (QED) is 0.781. The Bertz CT molecular complexity index is 884. The number of carbonyl (C=O) groups excluding carboxylic acids is 1. The molecule has 0 saturated carbocycles. The van der Waals surface area contributed by atoms with Gasteiger partial charge in [0.2, 0.25) is 5.91 Å². The lowest BCUT2D eigenvalue weighted by molar-refractivity contribution is -0.118. The molecule has 3 rings (SSSR count). The molecule has 2 aromatic rings. The summed E-state index contributed by atoms with van der Waals surface area (Å²) in [5.74, 6) is 0.542. The Morgan fingerprint density at radius 3 is 2.73 bits per heavy atom. The monoisotopic (exact) mass is 416 g/mol. The molecule has 0 spiro atoms. The van der Waals surface area contributed by atoms with Crippen molar-refractivity contribution in [1.82, 2.24) is 4.90 Å². The van der Waals surface area contributed by atoms with Crippen molar-refractivity contribution in [2.45, 2.75) is 19.0 Å². The second kappa shape index (κ2) is 8.00. The smallest absolute Gasteiger partial charge is 0.238 e. The highest BCUT2D eigenvalue weighted by atomic mass is 35.5. The highest BCUT2D eigenvalue weighted by molar-refractivity contribution is 7.91. The average Bonchev–Trinajstić information content (AvgIpc) is 3.20. The van der Waals surface area contributed by atoms with E-state index < -0.39 is 9.84 Å². The average molecular weight is 417 g/mol. The third-order valence-corrected chi connectivity index (χ3v) is 6.81. The first-order chi connectivity index (χ1) is 12.3. The zero-order valence-electron chi connectivity index (χ0n) is 13.8. The predicted molar refractivity (Wildman–Crippen MR) is 101 cm³/mol. The van der Waals surface area contributed by atoms with Crippen molar-refractivity contribution in [3.63, 3.8) is 0 Å². The molecule has 26 heavy (non-hydrogen) atoms. The number of hydrogen-bond acceptors (Lipinski definition) is 5. The van der Waals surface area contributed by atoms with E-state index in [-0.39, 0.29) is 35.0 Å². The molecular formula is C17H18Cl2N2O4S. The van der Waals surface area contributed by atoms with Gasteiger partial charge in [0.25, 0.3) is 0 Å². The zero-order chi connectivity index (χ0) is 18.7. The van der Waals surface area contributed by atoms with E-state index in [1.165, 1.54) is 0 Å². The summed E-state index contributed by atoms with van der Waals surface area (Å²) >= 11 is 12.1. The molecule has 1 aliphatic rings. The van der Waals surface area contributed by atoms with Crippen molar-refractivity contribution in [3.05, 3.63) is 52.4 Å². The van der Waals surface area contributed by atoms with Crippen molar-refractivity contribution in [1.29, 1.82) is 0 Å². The molecule has 9 heteroatoms. The lowest BCUT2D eigenvalue weighted by atomic mass is 10.2. The fourth-order valence-corrected chi connectivity index (χ4v) is 5.06. The van der Waals surface area contributed by atoms with Gasteiger partial charge < -0.3 is 9.73 Å². The van der Waals surface area contributed by atoms with Gasteiger partial charge in [-0.15, -0.1) is 0 Å². The molecule has 1 aliphatic heterocycles. The van der Waals surface area contributed by atoms with Crippen molar-refractivity contribution in [2.75, 3.05) is 23.4 Å². The molecule has 140 valence electrons. The second-order valence-corrected chi connectivity index (χ2v) is 9.20. The van der Waals surface area contributed by atoms with Crippen LogP contribution in [0.1, 0.15) is 12.2 Å². The Morgan fingerprint density at radius 1 is 1.27 bits per heavy atom. The Hall–Kier alpha value is -1.54. The largest absolute Gasteiger partial charge is 0.468 e. The first-order valence-electron chi connectivity index (χ1n) is 8.05. The Balaban J connectivity index is 1.72. The van der Waals surface area contributed by atoms with Gasteiger partial charge in [0.1, 0.15) is 5.76 Å². The number of sulfone groups is 1. The molecule has 1 aromatic carbocycles. The number of anilines is 1. The van der Waals surface area contributed by atoms with Gasteiger partial charge in [0.05, 0.1) is 46.6 Å². The first kappa shape index (κ1) is 19.2. The van der Waals surface area contributed by atoms with Gasteiger partial charge in [-0.1, -0.05) is 29.3 Å². The molecule has 0 bridgehead atoms. The van der Waals surface area contributed by atoms with E-state index >= 15 is 0 Å². The predicted octanol–water partition coefficient (Wildman–Crippen LogP) is 3.21. The Morgan fingerprint density at radius 2 is 2.08 bits per heavy atom. The summed E-state index contributed by atoms with van der Waals surface area (Å²) in [5.41, 5.74) is 0.418. The van der Waals surface area contributed by atoms with Crippen molar-refractivity contribution < 1.29 is 17.6 Å². The minimum absolute atomic E-state index is 0.0176. The van der Waals surface area contributed by atoms with Crippen molar-refractivity contribution in [3.8, 4) is 0 Å². The summed E-state index contributed by atoms with van der Waals surface area (Å²) in [5, 5.41) is 3.34. The zero-order valence-corrected chi connectivity index (χ0v) is 16.1. The molecule has 1 saturated heterocycles. The van der Waals surface area contributed by atoms with Crippen LogP contribution in [0.3, 0.4) is 0 Å². The van der Waals surface area contributed by atoms with Crippen LogP contribution >= 0.6 is 23.2 Å². The molecule has 0 aliphatic carbocycles. The number of rotatable bonds is 6. The van der Waals surface area contributed by atoms with Crippen LogP contribution in [0.4, 0.5) is 5.69 Å². The molecule has 6 nitrogen and oxygen atoms in total. The highest BCUT2D eigenvalue weighted by Crippen LogP contribution is 2.29. The van der Waals surface area contributed by atoms with Crippen molar-refractivity contribution >= 4 is 44.6 Å². The van der Waals surface area contributed by atoms with E-state index in [0.29, 0.717) is 29.4 Å². The molecule has 1 aromatic heterocycles. The van der Waals surface area contributed by atoms with Crippen LogP contribution in [0.25, 0.3) is 0 Å². The summed E-state index contributed by atoms with van der Waals surface area (Å²) in [6.45, 7) is 0.369. The summed E-state index contributed by atoms with van der Waals surface area (Å²) in [7, 11) is -3.07. The van der Waals surface area contributed by atoms with Crippen LogP contribution < -0.4 is 5.32 Å². The lowest BCUT2D eigenvalue weighted by Crippen LogP contribution is -2.41. The number of nitrogens with one attached hydrogen (secondary N) is 1. The SMILES string of the molecule is O=C(CN(Cc1ccco1)C1CCS(=O)(=O)C1)Nc1cccc(Cl)c1Cl. The van der Waals surface area contributed by atoms with E-state index in [0.717, 1.165) is 0 Å². The van der Waals surface area contributed by atoms with Crippen LogP contribution in [0.15, 0.2) is 41.0 Å². The normalized spacial score (nSPS) is 19.0. The number of carbonyl (C=O) groups is 1. The third kappa shape index (κ3) is 4.79. The van der Waals surface area contributed by atoms with Crippen LogP contribution in [0, 0.1) is 0 Å². The van der Waals surface area contributed by atoms with E-state index in [1.54, 1.807) is 36.6 Å². The van der Waals surface area contributed by atoms with Gasteiger partial charge in [-0.05, 0) is 30.7 Å². The van der Waals surface area contributed by atoms with Crippen LogP contribution in [-0.4, -0.2) is 43.3 Å². The van der Waals surface area contributed by atoms with E-state index in [1.807, 2.05) is 4.90 Å². The molecule has 1 atom stereocenters. The summed E-state index contributed by atoms with van der Waals surface area (Å²) in [4.78, 5) is 14.3. The maximum Gasteiger partial charge on any atom is 0.238 e. The van der Waals surface area contributed by atoms with E-state index in [9.17, 15) is 13.2 Å². The molecule has 2 heterocycles. The maximum atomic E-state index is 12.5. The summed E-state index contributed by atoms with van der Waals surface area (Å²) in [6.07, 6.45) is 2.04. The number of nitrogens with zero attached hydrogens (tertiary/aromatic N) is 1. The van der Waals surface area contributed by atoms with Gasteiger partial charge in [-0.25, -0.2) is 8.42 Å². The number of amides is 1. The van der Waals surface area contributed by atoms with Gasteiger partial charge in [0, 0.05) is 6.04 Å². The number of furan rings is 1. The van der Waals surface area contributed by atoms with Gasteiger partial charge in [-0.2, -0.15) is 0 Å². The van der Waals surface area contributed by atoms with Crippen LogP contribution in [-0.2, 0) is 21.2 Å². The van der Waals surface area contributed by atoms with Crippen LogP contribution in [0.2, 0.25) is 10.0 Å². The van der Waals surface area contributed by atoms with Crippen molar-refractivity contribution in [2.24, 2.45) is 0 Å². The topological polar surface area (TPSA) is 79.6 Å². The van der Waals surface area contributed by atoms with E-state index in [4.69, 9.17) is 27.6 Å². The standard InChI is InChI=1S/C17H18Cl2N2O4S/c18-14-4-1-5-15(17(14)19)20-16(22)10-21(9-13-3-2-7-25-13)12-6-8-26(23,24)11-12/h1-5,7,12H,6,8-11H2,(H,20,22). The fourth-order valence-electron chi connectivity index (χ4n) is 2.95. The first-order valence-corrected chi connectivity index (χ1v) is 10.6. The fraction of sp³-hybridized carbons (Fsp3) is 0.353. The number of hydrogen-bond donors (Lipinski definition) is 1. The molecule has 1 amide bonds. The second-order valence-electron chi connectivity index (χ2n) is 6.19. The minimum Gasteiger partial charge on any atom is -0.468 e. The maximum absolute atomic E-state index is 12.5. The van der Waals surface area contributed by atoms with Gasteiger partial charge in [-0.3, -0.25) is 9.69 Å². The van der Waals surface area contributed by atoms with Crippen LogP contribution in [0.5, 0.6) is 0 Å². The van der Waals surface area contributed by atoms with E-state index in [2.05, 4.69) is 5.32 Å². The number of halogens is 2. The Kier molecular flexibility index (Phi) is 5.92. The molecular weight excluding hydrogens is 399 g/mol. The van der Waals surface area contributed by atoms with Gasteiger partial charge in [0.15, 0.2) is 9.84 Å².